The fraction of sp³-hybridized carbons (Fsp3) is 0.0127. The molecule has 0 fully saturated rings. The van der Waals surface area contributed by atoms with Crippen LogP contribution in [0.25, 0.3) is 66.1 Å². The number of furan rings is 2. The summed E-state index contributed by atoms with van der Waals surface area (Å²) < 4.78 is 27.7. The summed E-state index contributed by atoms with van der Waals surface area (Å²) in [5, 5.41) is 4.20. The number of anilines is 9. The van der Waals surface area contributed by atoms with Crippen molar-refractivity contribution in [1.29, 1.82) is 0 Å². The van der Waals surface area contributed by atoms with Crippen LogP contribution in [0.1, 0.15) is 22.3 Å². The van der Waals surface area contributed by atoms with Gasteiger partial charge in [0.25, 0.3) is 0 Å². The lowest BCUT2D eigenvalue weighted by molar-refractivity contribution is 0.436. The molecule has 0 bridgehead atoms. The summed E-state index contributed by atoms with van der Waals surface area (Å²) in [5.41, 5.74) is 19.9. The molecule has 7 heteroatoms. The van der Waals surface area contributed by atoms with Gasteiger partial charge in [0.2, 0.25) is 0 Å². The molecule has 0 N–H and O–H groups in total. The maximum atomic E-state index is 7.08. The number of benzene rings is 13. The van der Waals surface area contributed by atoms with Crippen molar-refractivity contribution in [2.24, 2.45) is 0 Å². The monoisotopic (exact) mass is 1100 g/mol. The van der Waals surface area contributed by atoms with Crippen molar-refractivity contribution in [2.75, 3.05) is 14.7 Å². The first-order chi connectivity index (χ1) is 42.6. The Bertz CT molecular complexity index is 5190. The van der Waals surface area contributed by atoms with Gasteiger partial charge >= 0.3 is 0 Å². The number of nitrogens with zero attached hydrogens (tertiary/aromatic N) is 3. The molecule has 3 aliphatic rings. The Labute approximate surface area is 495 Å². The first kappa shape index (κ1) is 48.0. The zero-order chi connectivity index (χ0) is 56.5. The van der Waals surface area contributed by atoms with Gasteiger partial charge in [-0.25, -0.2) is 0 Å². The predicted octanol–water partition coefficient (Wildman–Crippen LogP) is 22.1. The summed E-state index contributed by atoms with van der Waals surface area (Å²) in [4.78, 5) is 7.00. The van der Waals surface area contributed by atoms with E-state index >= 15 is 0 Å². The zero-order valence-electron chi connectivity index (χ0n) is 46.3. The van der Waals surface area contributed by atoms with E-state index in [2.05, 4.69) is 282 Å². The van der Waals surface area contributed by atoms with E-state index in [1.165, 1.54) is 22.3 Å². The van der Waals surface area contributed by atoms with Gasteiger partial charge < -0.3 is 33.0 Å². The van der Waals surface area contributed by atoms with E-state index in [-0.39, 0.29) is 0 Å². The molecule has 0 saturated heterocycles. The third-order valence-electron chi connectivity index (χ3n) is 17.6. The number of hydrogen-bond acceptors (Lipinski definition) is 7. The number of para-hydroxylation sites is 8. The van der Waals surface area contributed by atoms with Gasteiger partial charge in [-0.3, -0.25) is 0 Å². The largest absolute Gasteiger partial charge is 0.457 e. The molecule has 2 aromatic heterocycles. The van der Waals surface area contributed by atoms with E-state index in [1.807, 2.05) is 30.3 Å². The summed E-state index contributed by atoms with van der Waals surface area (Å²) in [7, 11) is 0. The average Bonchev–Trinajstić information content (AvgIpc) is 1.52. The third kappa shape index (κ3) is 7.15. The Morgan fingerprint density at radius 2 is 0.860 bits per heavy atom. The molecule has 15 aromatic rings. The molecule has 0 radical (unpaired) electrons. The third-order valence-corrected chi connectivity index (χ3v) is 17.6. The molecular formula is C79H49N3O4. The van der Waals surface area contributed by atoms with E-state index in [0.29, 0.717) is 0 Å². The molecule has 0 atom stereocenters. The van der Waals surface area contributed by atoms with Crippen molar-refractivity contribution in [3.05, 3.63) is 320 Å². The molecule has 404 valence electrons. The smallest absolute Gasteiger partial charge is 0.159 e. The molecule has 4 heterocycles. The Hall–Kier alpha value is -11.5. The molecule has 0 amide bonds. The Morgan fingerprint density at radius 3 is 1.65 bits per heavy atom. The lowest BCUT2D eigenvalue weighted by Crippen LogP contribution is -2.32. The fourth-order valence-electron chi connectivity index (χ4n) is 14.0. The Balaban J connectivity index is 0.918. The van der Waals surface area contributed by atoms with Gasteiger partial charge in [0.1, 0.15) is 28.2 Å². The number of rotatable bonds is 8. The second-order valence-electron chi connectivity index (χ2n) is 22.3. The van der Waals surface area contributed by atoms with Crippen LogP contribution in [0.15, 0.2) is 306 Å². The minimum Gasteiger partial charge on any atom is -0.457 e. The molecule has 86 heavy (non-hydrogen) atoms. The zero-order valence-corrected chi connectivity index (χ0v) is 46.3. The maximum Gasteiger partial charge on any atom is 0.159 e. The summed E-state index contributed by atoms with van der Waals surface area (Å²) in [6.45, 7) is 0. The van der Waals surface area contributed by atoms with Crippen molar-refractivity contribution in [3.63, 3.8) is 0 Å². The SMILES string of the molecule is c1ccc(N(c2cc(-c3ccc4c(c3)Oc3ccccc3N4c3ccccc3)cc(N(c3ccc4c(c3)C3(c5ccccc5O4)c4ccccc4-c4ccccc43)c3cccc4c3oc3ccccc34)c2)c2ccc3c(c2)oc2ccccc23)cc1. The highest BCUT2D eigenvalue weighted by atomic mass is 16.5. The van der Waals surface area contributed by atoms with Gasteiger partial charge in [-0.05, 0) is 155 Å². The van der Waals surface area contributed by atoms with E-state index in [0.717, 1.165) is 140 Å². The molecule has 18 rings (SSSR count). The second-order valence-corrected chi connectivity index (χ2v) is 22.3. The topological polar surface area (TPSA) is 54.5 Å². The first-order valence-electron chi connectivity index (χ1n) is 29.1. The average molecular weight is 1100 g/mol. The van der Waals surface area contributed by atoms with Crippen LogP contribution in [0.2, 0.25) is 0 Å². The molecule has 0 unspecified atom stereocenters. The summed E-state index contributed by atoms with van der Waals surface area (Å²) in [6, 6.07) is 106. The molecule has 0 saturated carbocycles. The quantitative estimate of drug-likeness (QED) is 0.150. The highest BCUT2D eigenvalue weighted by Crippen LogP contribution is 2.63. The molecule has 1 spiro atoms. The summed E-state index contributed by atoms with van der Waals surface area (Å²) in [5.74, 6) is 3.16. The minimum absolute atomic E-state index is 0.716. The molecule has 13 aromatic carbocycles. The summed E-state index contributed by atoms with van der Waals surface area (Å²) in [6.07, 6.45) is 0. The van der Waals surface area contributed by atoms with Crippen LogP contribution >= 0.6 is 0 Å². The van der Waals surface area contributed by atoms with Crippen LogP contribution in [0.5, 0.6) is 23.0 Å². The van der Waals surface area contributed by atoms with Crippen molar-refractivity contribution in [2.45, 2.75) is 5.41 Å². The van der Waals surface area contributed by atoms with Crippen molar-refractivity contribution in [3.8, 4) is 45.3 Å². The minimum atomic E-state index is -0.716. The lowest BCUT2D eigenvalue weighted by atomic mass is 9.66. The van der Waals surface area contributed by atoms with E-state index in [9.17, 15) is 0 Å². The van der Waals surface area contributed by atoms with Crippen LogP contribution in [-0.2, 0) is 5.41 Å². The van der Waals surface area contributed by atoms with E-state index < -0.39 is 5.41 Å². The molecule has 2 aliphatic heterocycles. The van der Waals surface area contributed by atoms with Crippen LogP contribution in [0, 0.1) is 0 Å². The van der Waals surface area contributed by atoms with Gasteiger partial charge in [0, 0.05) is 72.9 Å². The first-order valence-corrected chi connectivity index (χ1v) is 29.1. The van der Waals surface area contributed by atoms with E-state index in [4.69, 9.17) is 18.3 Å². The molecule has 7 nitrogen and oxygen atoms in total. The fourth-order valence-corrected chi connectivity index (χ4v) is 14.0. The molecule has 1 aliphatic carbocycles. The Morgan fingerprint density at radius 1 is 0.291 bits per heavy atom. The van der Waals surface area contributed by atoms with Crippen molar-refractivity contribution < 1.29 is 18.3 Å². The van der Waals surface area contributed by atoms with Crippen molar-refractivity contribution >= 4 is 95.1 Å². The number of ether oxygens (including phenoxy) is 2. The van der Waals surface area contributed by atoms with Gasteiger partial charge in [-0.15, -0.1) is 0 Å². The van der Waals surface area contributed by atoms with Crippen LogP contribution in [0.4, 0.5) is 51.2 Å². The standard InChI is InChI=1S/C79H49N3O4/c1-3-20-52(21-4-1)80(55-39-41-62-60-26-9-15-34-71(60)83-76(62)49-55)56-44-51(50-38-42-69-77(46-50)85-75-37-18-14-32-68(75)82(69)53-22-5-2-6-23-53)45-57(47-56)81(70-33-19-28-63-61-27-10-16-35-72(61)86-78(63)70)54-40-43-74-67(48-54)79(66-31-13-17-36-73(66)84-74)64-29-11-7-24-58(64)59-25-8-12-30-65(59)79/h1-49H. The van der Waals surface area contributed by atoms with Gasteiger partial charge in [-0.2, -0.15) is 0 Å². The van der Waals surface area contributed by atoms with Crippen LogP contribution in [-0.4, -0.2) is 0 Å². The Kier molecular flexibility index (Phi) is 10.5. The number of fused-ring (bicyclic) bond motifs is 17. The lowest BCUT2D eigenvalue weighted by Gasteiger charge is -2.40. The van der Waals surface area contributed by atoms with E-state index in [1.54, 1.807) is 0 Å². The summed E-state index contributed by atoms with van der Waals surface area (Å²) >= 11 is 0. The van der Waals surface area contributed by atoms with Gasteiger partial charge in [-0.1, -0.05) is 170 Å². The van der Waals surface area contributed by atoms with Crippen molar-refractivity contribution in [1.82, 2.24) is 0 Å². The van der Waals surface area contributed by atoms with Gasteiger partial charge in [0.15, 0.2) is 17.1 Å². The van der Waals surface area contributed by atoms with Gasteiger partial charge in [0.05, 0.1) is 22.5 Å². The second kappa shape index (κ2) is 18.7. The van der Waals surface area contributed by atoms with Crippen LogP contribution in [0.3, 0.4) is 0 Å². The number of hydrogen-bond donors (Lipinski definition) is 0. The highest BCUT2D eigenvalue weighted by Gasteiger charge is 2.51. The maximum absolute atomic E-state index is 7.08. The normalized spacial score (nSPS) is 13.1. The highest BCUT2D eigenvalue weighted by molar-refractivity contribution is 6.11. The molecular weight excluding hydrogens is 1050 g/mol. The predicted molar refractivity (Wildman–Crippen MR) is 348 cm³/mol. The van der Waals surface area contributed by atoms with Crippen LogP contribution < -0.4 is 24.2 Å².